The molecule has 0 aliphatic heterocycles. The Kier molecular flexibility index (Phi) is 5.78. The van der Waals surface area contributed by atoms with Gasteiger partial charge in [0.05, 0.1) is 32.7 Å². The van der Waals surface area contributed by atoms with Gasteiger partial charge >= 0.3 is 0 Å². The Morgan fingerprint density at radius 2 is 2.07 bits per heavy atom. The monoisotopic (exact) mass is 388 g/mol. The second-order valence-corrected chi connectivity index (χ2v) is 6.74. The lowest BCUT2D eigenvalue weighted by Crippen LogP contribution is -2.28. The first-order chi connectivity index (χ1) is 13.0. The van der Waals surface area contributed by atoms with Gasteiger partial charge in [-0.1, -0.05) is 0 Å². The van der Waals surface area contributed by atoms with Gasteiger partial charge in [0.1, 0.15) is 21.7 Å². The van der Waals surface area contributed by atoms with Crippen LogP contribution in [0.15, 0.2) is 41.0 Å². The molecule has 0 aliphatic rings. The second-order valence-electron chi connectivity index (χ2n) is 5.74. The largest absolute Gasteiger partial charge is 0.493 e. The van der Waals surface area contributed by atoms with Crippen molar-refractivity contribution in [2.24, 2.45) is 0 Å². The van der Waals surface area contributed by atoms with Crippen LogP contribution in [0, 0.1) is 6.92 Å². The minimum atomic E-state index is -0.900. The van der Waals surface area contributed by atoms with Crippen molar-refractivity contribution in [2.75, 3.05) is 20.8 Å². The number of carbonyl (C=O) groups excluding carboxylic acids is 1. The Labute approximate surface area is 160 Å². The van der Waals surface area contributed by atoms with Gasteiger partial charge in [-0.05, 0) is 37.3 Å². The maximum Gasteiger partial charge on any atom is 0.263 e. The molecule has 0 bridgehead atoms. The lowest BCUT2D eigenvalue weighted by molar-refractivity contribution is 0.0904. The summed E-state index contributed by atoms with van der Waals surface area (Å²) in [6.45, 7) is 1.83. The van der Waals surface area contributed by atoms with Gasteiger partial charge in [0.25, 0.3) is 5.91 Å². The molecule has 2 N–H and O–H groups in total. The summed E-state index contributed by atoms with van der Waals surface area (Å²) < 4.78 is 15.7. The zero-order chi connectivity index (χ0) is 19.4. The number of benzene rings is 1. The van der Waals surface area contributed by atoms with Crippen LogP contribution < -0.4 is 14.8 Å². The lowest BCUT2D eigenvalue weighted by atomic mass is 10.2. The minimum absolute atomic E-state index is 0.0510. The molecule has 0 fully saturated rings. The van der Waals surface area contributed by atoms with Crippen LogP contribution in [0.4, 0.5) is 0 Å². The van der Waals surface area contributed by atoms with Crippen molar-refractivity contribution in [1.29, 1.82) is 0 Å². The van der Waals surface area contributed by atoms with E-state index in [9.17, 15) is 9.90 Å². The third-order valence-electron chi connectivity index (χ3n) is 3.96. The van der Waals surface area contributed by atoms with Crippen LogP contribution in [0.5, 0.6) is 11.5 Å². The van der Waals surface area contributed by atoms with Crippen molar-refractivity contribution in [2.45, 2.75) is 13.0 Å². The standard InChI is InChI=1S/C19H20N2O5S/c1-11-17(18(23)20-10-13(22)14-5-4-8-26-14)27-19(21-11)12-6-7-15(24-2)16(9-12)25-3/h4-9,13,22H,10H2,1-3H3,(H,20,23). The normalized spacial score (nSPS) is 11.9. The number of nitrogens with one attached hydrogen (secondary N) is 1. The topological polar surface area (TPSA) is 93.8 Å². The van der Waals surface area contributed by atoms with Gasteiger partial charge in [-0.2, -0.15) is 0 Å². The molecule has 1 amide bonds. The SMILES string of the molecule is COc1ccc(-c2nc(C)c(C(=O)NCC(O)c3ccco3)s2)cc1OC. The molecule has 142 valence electrons. The van der Waals surface area contributed by atoms with Crippen LogP contribution >= 0.6 is 11.3 Å². The van der Waals surface area contributed by atoms with Gasteiger partial charge in [0.2, 0.25) is 0 Å². The fraction of sp³-hybridized carbons (Fsp3) is 0.263. The number of aryl methyl sites for hydroxylation is 1. The molecule has 3 rings (SSSR count). The number of thiazole rings is 1. The van der Waals surface area contributed by atoms with Crippen LogP contribution in [0.1, 0.15) is 27.2 Å². The van der Waals surface area contributed by atoms with E-state index in [0.717, 1.165) is 5.56 Å². The van der Waals surface area contributed by atoms with Crippen LogP contribution in [-0.4, -0.2) is 36.8 Å². The summed E-state index contributed by atoms with van der Waals surface area (Å²) in [6, 6.07) is 8.82. The van der Waals surface area contributed by atoms with Gasteiger partial charge < -0.3 is 24.3 Å². The molecule has 1 atom stereocenters. The lowest BCUT2D eigenvalue weighted by Gasteiger charge is -2.09. The number of carbonyl (C=O) groups is 1. The number of aliphatic hydroxyl groups excluding tert-OH is 1. The molecular formula is C19H20N2O5S. The van der Waals surface area contributed by atoms with E-state index in [1.807, 2.05) is 12.1 Å². The van der Waals surface area contributed by atoms with E-state index in [1.165, 1.54) is 17.6 Å². The third kappa shape index (κ3) is 4.12. The van der Waals surface area contributed by atoms with Gasteiger partial charge in [0.15, 0.2) is 11.5 Å². The van der Waals surface area contributed by atoms with E-state index in [2.05, 4.69) is 10.3 Å². The quantitative estimate of drug-likeness (QED) is 0.646. The van der Waals surface area contributed by atoms with Crippen LogP contribution in [0.2, 0.25) is 0 Å². The summed E-state index contributed by atoms with van der Waals surface area (Å²) in [6.07, 6.45) is 0.575. The number of hydrogen-bond donors (Lipinski definition) is 2. The van der Waals surface area contributed by atoms with Crippen LogP contribution in [0.3, 0.4) is 0 Å². The molecule has 0 radical (unpaired) electrons. The predicted molar refractivity (Wildman–Crippen MR) is 101 cm³/mol. The van der Waals surface area contributed by atoms with Crippen molar-refractivity contribution in [3.05, 3.63) is 52.9 Å². The summed E-state index contributed by atoms with van der Waals surface area (Å²) in [5.41, 5.74) is 1.45. The van der Waals surface area contributed by atoms with Crippen molar-refractivity contribution >= 4 is 17.2 Å². The third-order valence-corrected chi connectivity index (χ3v) is 5.17. The fourth-order valence-corrected chi connectivity index (χ4v) is 3.53. The maximum absolute atomic E-state index is 12.5. The minimum Gasteiger partial charge on any atom is -0.493 e. The number of nitrogens with zero attached hydrogens (tertiary/aromatic N) is 1. The molecule has 0 saturated heterocycles. The van der Waals surface area contributed by atoms with Gasteiger partial charge in [0, 0.05) is 5.56 Å². The molecule has 7 nitrogen and oxygen atoms in total. The Balaban J connectivity index is 1.75. The van der Waals surface area contributed by atoms with E-state index < -0.39 is 6.10 Å². The Bertz CT molecular complexity index is 920. The molecule has 2 heterocycles. The number of rotatable bonds is 7. The van der Waals surface area contributed by atoms with Gasteiger partial charge in [-0.15, -0.1) is 11.3 Å². The van der Waals surface area contributed by atoms with E-state index in [-0.39, 0.29) is 12.5 Å². The summed E-state index contributed by atoms with van der Waals surface area (Å²) in [5.74, 6) is 1.33. The van der Waals surface area contributed by atoms with Crippen LogP contribution in [-0.2, 0) is 0 Å². The van der Waals surface area contributed by atoms with Gasteiger partial charge in [-0.25, -0.2) is 4.98 Å². The molecule has 8 heteroatoms. The highest BCUT2D eigenvalue weighted by Gasteiger charge is 2.19. The molecule has 0 saturated carbocycles. The van der Waals surface area contributed by atoms with E-state index in [4.69, 9.17) is 13.9 Å². The van der Waals surface area contributed by atoms with E-state index in [0.29, 0.717) is 32.8 Å². The average molecular weight is 388 g/mol. The van der Waals surface area contributed by atoms with E-state index >= 15 is 0 Å². The zero-order valence-electron chi connectivity index (χ0n) is 15.2. The summed E-state index contributed by atoms with van der Waals surface area (Å²) >= 11 is 1.28. The highest BCUT2D eigenvalue weighted by atomic mass is 32.1. The zero-order valence-corrected chi connectivity index (χ0v) is 16.0. The molecular weight excluding hydrogens is 368 g/mol. The first kappa shape index (κ1) is 18.9. The molecule has 0 aliphatic carbocycles. The van der Waals surface area contributed by atoms with Crippen molar-refractivity contribution in [3.63, 3.8) is 0 Å². The summed E-state index contributed by atoms with van der Waals surface area (Å²) in [7, 11) is 3.14. The summed E-state index contributed by atoms with van der Waals surface area (Å²) in [4.78, 5) is 17.5. The first-order valence-corrected chi connectivity index (χ1v) is 9.04. The predicted octanol–water partition coefficient (Wildman–Crippen LogP) is 3.19. The van der Waals surface area contributed by atoms with Crippen molar-refractivity contribution in [1.82, 2.24) is 10.3 Å². The van der Waals surface area contributed by atoms with E-state index in [1.54, 1.807) is 39.3 Å². The molecule has 1 aromatic carbocycles. The number of methoxy groups -OCH3 is 2. The maximum atomic E-state index is 12.5. The Hall–Kier alpha value is -2.84. The molecule has 1 unspecified atom stereocenters. The number of hydrogen-bond acceptors (Lipinski definition) is 7. The highest BCUT2D eigenvalue weighted by Crippen LogP contribution is 2.35. The molecule has 27 heavy (non-hydrogen) atoms. The van der Waals surface area contributed by atoms with Crippen molar-refractivity contribution < 1.29 is 23.8 Å². The summed E-state index contributed by atoms with van der Waals surface area (Å²) in [5, 5.41) is 13.4. The molecule has 0 spiro atoms. The number of aromatic nitrogens is 1. The Morgan fingerprint density at radius 3 is 2.74 bits per heavy atom. The fourth-order valence-electron chi connectivity index (χ4n) is 2.55. The first-order valence-electron chi connectivity index (χ1n) is 8.23. The highest BCUT2D eigenvalue weighted by molar-refractivity contribution is 7.17. The number of ether oxygens (including phenoxy) is 2. The second kappa shape index (κ2) is 8.24. The smallest absolute Gasteiger partial charge is 0.263 e. The Morgan fingerprint density at radius 1 is 1.30 bits per heavy atom. The molecule has 2 aromatic heterocycles. The van der Waals surface area contributed by atoms with Gasteiger partial charge in [-0.3, -0.25) is 4.79 Å². The average Bonchev–Trinajstić information content (AvgIpc) is 3.35. The van der Waals surface area contributed by atoms with Crippen molar-refractivity contribution in [3.8, 4) is 22.1 Å². The number of amides is 1. The number of furan rings is 1. The van der Waals surface area contributed by atoms with Crippen LogP contribution in [0.25, 0.3) is 10.6 Å². The molecule has 3 aromatic rings. The number of aliphatic hydroxyl groups is 1.